The minimum atomic E-state index is -3.58. The van der Waals surface area contributed by atoms with Gasteiger partial charge in [0.2, 0.25) is 10.0 Å². The average molecular weight is 573 g/mol. The van der Waals surface area contributed by atoms with Crippen molar-refractivity contribution in [3.63, 3.8) is 0 Å². The highest BCUT2D eigenvalue weighted by molar-refractivity contribution is 14.0. The van der Waals surface area contributed by atoms with Gasteiger partial charge in [0.1, 0.15) is 0 Å². The Kier molecular flexibility index (Phi) is 12.5. The lowest BCUT2D eigenvalue weighted by molar-refractivity contribution is 0.105. The second-order valence-corrected chi connectivity index (χ2v) is 9.57. The number of guanidine groups is 1. The van der Waals surface area contributed by atoms with Gasteiger partial charge in [-0.1, -0.05) is 30.5 Å². The molecule has 0 saturated heterocycles. The second kappa shape index (κ2) is 13.7. The zero-order valence-corrected chi connectivity index (χ0v) is 21.6. The van der Waals surface area contributed by atoms with E-state index in [1.165, 1.54) is 37.8 Å². The molecular weight excluding hydrogens is 539 g/mol. The summed E-state index contributed by atoms with van der Waals surface area (Å²) in [5.74, 6) is 0.676. The molecule has 1 saturated carbocycles. The van der Waals surface area contributed by atoms with Gasteiger partial charge in [0.05, 0.1) is 4.90 Å². The average Bonchev–Trinajstić information content (AvgIpc) is 3.17. The summed E-state index contributed by atoms with van der Waals surface area (Å²) >= 11 is 5.88. The maximum atomic E-state index is 12.3. The number of ether oxygens (including phenoxy) is 1. The Morgan fingerprint density at radius 1 is 1.23 bits per heavy atom. The molecule has 0 amide bonds. The van der Waals surface area contributed by atoms with Crippen LogP contribution in [-0.4, -0.2) is 54.3 Å². The van der Waals surface area contributed by atoms with Crippen molar-refractivity contribution in [1.82, 2.24) is 15.4 Å². The SMILES string of the molecule is CCOCCC1(CNC(=NC)NCCNS(=O)(=O)c2cccc(Cl)c2)CCCC1.I. The molecule has 7 nitrogen and oxygen atoms in total. The Labute approximate surface area is 202 Å². The van der Waals surface area contributed by atoms with E-state index in [4.69, 9.17) is 16.3 Å². The molecule has 0 aliphatic heterocycles. The summed E-state index contributed by atoms with van der Waals surface area (Å²) in [6.45, 7) is 5.06. The van der Waals surface area contributed by atoms with Crippen molar-refractivity contribution in [1.29, 1.82) is 0 Å². The smallest absolute Gasteiger partial charge is 0.240 e. The van der Waals surface area contributed by atoms with Crippen LogP contribution in [0, 0.1) is 5.41 Å². The first kappa shape index (κ1) is 27.4. The number of sulfonamides is 1. The zero-order valence-electron chi connectivity index (χ0n) is 17.7. The number of nitrogens with zero attached hydrogens (tertiary/aromatic N) is 1. The van der Waals surface area contributed by atoms with Crippen molar-refractivity contribution in [2.75, 3.05) is 39.9 Å². The van der Waals surface area contributed by atoms with E-state index >= 15 is 0 Å². The Hall–Kier alpha value is -0.620. The Morgan fingerprint density at radius 2 is 1.97 bits per heavy atom. The van der Waals surface area contributed by atoms with Crippen LogP contribution in [0.5, 0.6) is 0 Å². The molecule has 0 bridgehead atoms. The van der Waals surface area contributed by atoms with E-state index < -0.39 is 10.0 Å². The van der Waals surface area contributed by atoms with Crippen LogP contribution >= 0.6 is 35.6 Å². The first-order valence-corrected chi connectivity index (χ1v) is 12.0. The van der Waals surface area contributed by atoms with Crippen molar-refractivity contribution in [3.05, 3.63) is 29.3 Å². The van der Waals surface area contributed by atoms with Gasteiger partial charge in [-0.25, -0.2) is 13.1 Å². The highest BCUT2D eigenvalue weighted by Gasteiger charge is 2.33. The van der Waals surface area contributed by atoms with Gasteiger partial charge in [-0.15, -0.1) is 24.0 Å². The van der Waals surface area contributed by atoms with Crippen molar-refractivity contribution >= 4 is 51.6 Å². The van der Waals surface area contributed by atoms with Crippen molar-refractivity contribution in [3.8, 4) is 0 Å². The molecule has 1 fully saturated rings. The normalized spacial score (nSPS) is 16.2. The molecule has 3 N–H and O–H groups in total. The highest BCUT2D eigenvalue weighted by atomic mass is 127. The lowest BCUT2D eigenvalue weighted by Crippen LogP contribution is -2.45. The Morgan fingerprint density at radius 3 is 2.60 bits per heavy atom. The van der Waals surface area contributed by atoms with Crippen molar-refractivity contribution in [2.45, 2.75) is 43.9 Å². The fourth-order valence-corrected chi connectivity index (χ4v) is 4.98. The van der Waals surface area contributed by atoms with Gasteiger partial charge in [-0.3, -0.25) is 4.99 Å². The number of rotatable bonds is 11. The number of hydrogen-bond donors (Lipinski definition) is 3. The van der Waals surface area contributed by atoms with Gasteiger partial charge in [-0.05, 0) is 49.8 Å². The van der Waals surface area contributed by atoms with Crippen LogP contribution < -0.4 is 15.4 Å². The molecule has 30 heavy (non-hydrogen) atoms. The molecule has 1 aromatic carbocycles. The summed E-state index contributed by atoms with van der Waals surface area (Å²) in [6, 6.07) is 6.21. The van der Waals surface area contributed by atoms with Gasteiger partial charge in [0, 0.05) is 44.9 Å². The minimum Gasteiger partial charge on any atom is -0.382 e. The molecule has 0 atom stereocenters. The maximum Gasteiger partial charge on any atom is 0.240 e. The predicted octanol–water partition coefficient (Wildman–Crippen LogP) is 3.39. The van der Waals surface area contributed by atoms with E-state index in [1.54, 1.807) is 19.2 Å². The molecule has 0 aromatic heterocycles. The lowest BCUT2D eigenvalue weighted by atomic mass is 9.83. The van der Waals surface area contributed by atoms with Gasteiger partial charge in [0.15, 0.2) is 5.96 Å². The molecule has 0 unspecified atom stereocenters. The summed E-state index contributed by atoms with van der Waals surface area (Å²) in [7, 11) is -1.87. The van der Waals surface area contributed by atoms with E-state index in [9.17, 15) is 8.42 Å². The minimum absolute atomic E-state index is 0. The molecule has 1 aliphatic carbocycles. The molecule has 0 radical (unpaired) electrons. The molecule has 1 aromatic rings. The largest absolute Gasteiger partial charge is 0.382 e. The standard InChI is InChI=1S/C20H33ClN4O3S.HI/c1-3-28-14-11-20(9-4-5-10-20)16-24-19(22-2)23-12-13-25-29(26,27)18-8-6-7-17(21)15-18;/h6-8,15,25H,3-5,9-14,16H2,1-2H3,(H2,22,23,24);1H. The summed E-state index contributed by atoms with van der Waals surface area (Å²) in [4.78, 5) is 4.41. The van der Waals surface area contributed by atoms with Crippen LogP contribution in [-0.2, 0) is 14.8 Å². The van der Waals surface area contributed by atoms with Gasteiger partial charge in [-0.2, -0.15) is 0 Å². The maximum absolute atomic E-state index is 12.3. The molecular formula is C20H34ClIN4O3S. The summed E-state index contributed by atoms with van der Waals surface area (Å²) in [5.41, 5.74) is 0.251. The number of aliphatic imine (C=N–C) groups is 1. The van der Waals surface area contributed by atoms with Crippen LogP contribution in [0.25, 0.3) is 0 Å². The van der Waals surface area contributed by atoms with E-state index in [0.29, 0.717) is 17.5 Å². The van der Waals surface area contributed by atoms with Crippen LogP contribution in [0.1, 0.15) is 39.0 Å². The zero-order chi connectivity index (χ0) is 21.2. The Bertz CT molecular complexity index is 771. The topological polar surface area (TPSA) is 91.8 Å². The predicted molar refractivity (Wildman–Crippen MR) is 133 cm³/mol. The van der Waals surface area contributed by atoms with E-state index in [1.807, 2.05) is 6.92 Å². The van der Waals surface area contributed by atoms with Crippen LogP contribution in [0.4, 0.5) is 0 Å². The molecule has 0 spiro atoms. The third-order valence-electron chi connectivity index (χ3n) is 5.32. The van der Waals surface area contributed by atoms with Crippen LogP contribution in [0.2, 0.25) is 5.02 Å². The van der Waals surface area contributed by atoms with E-state index in [2.05, 4.69) is 20.3 Å². The first-order chi connectivity index (χ1) is 13.9. The summed E-state index contributed by atoms with van der Waals surface area (Å²) in [5, 5.41) is 6.96. The number of benzene rings is 1. The third kappa shape index (κ3) is 8.86. The van der Waals surface area contributed by atoms with Crippen LogP contribution in [0.3, 0.4) is 0 Å². The van der Waals surface area contributed by atoms with Crippen LogP contribution in [0.15, 0.2) is 34.2 Å². The number of hydrogen-bond acceptors (Lipinski definition) is 4. The fraction of sp³-hybridized carbons (Fsp3) is 0.650. The van der Waals surface area contributed by atoms with E-state index in [0.717, 1.165) is 26.2 Å². The monoisotopic (exact) mass is 572 g/mol. The number of nitrogens with one attached hydrogen (secondary N) is 3. The summed E-state index contributed by atoms with van der Waals surface area (Å²) < 4.78 is 32.8. The molecule has 2 rings (SSSR count). The fourth-order valence-electron chi connectivity index (χ4n) is 3.65. The molecule has 172 valence electrons. The highest BCUT2D eigenvalue weighted by Crippen LogP contribution is 2.40. The van der Waals surface area contributed by atoms with Gasteiger partial charge < -0.3 is 15.4 Å². The summed E-state index contributed by atoms with van der Waals surface area (Å²) in [6.07, 6.45) is 5.95. The Balaban J connectivity index is 0.00000450. The number of halogens is 2. The van der Waals surface area contributed by atoms with Crippen molar-refractivity contribution < 1.29 is 13.2 Å². The van der Waals surface area contributed by atoms with Gasteiger partial charge in [0.25, 0.3) is 0 Å². The van der Waals surface area contributed by atoms with Gasteiger partial charge >= 0.3 is 0 Å². The molecule has 1 aliphatic rings. The van der Waals surface area contributed by atoms with Crippen molar-refractivity contribution in [2.24, 2.45) is 10.4 Å². The quantitative estimate of drug-likeness (QED) is 0.164. The third-order valence-corrected chi connectivity index (χ3v) is 7.01. The first-order valence-electron chi connectivity index (χ1n) is 10.2. The lowest BCUT2D eigenvalue weighted by Gasteiger charge is -2.30. The second-order valence-electron chi connectivity index (χ2n) is 7.36. The molecule has 10 heteroatoms. The molecule has 0 heterocycles. The van der Waals surface area contributed by atoms with E-state index in [-0.39, 0.29) is 40.8 Å².